The molecule has 0 radical (unpaired) electrons. The molecule has 1 N–H and O–H groups in total. The van der Waals surface area contributed by atoms with Crippen LogP contribution in [0.2, 0.25) is 0 Å². The molecule has 6 unspecified atom stereocenters. The lowest BCUT2D eigenvalue weighted by Crippen LogP contribution is -2.49. The van der Waals surface area contributed by atoms with Crippen LogP contribution in [-0.2, 0) is 0 Å². The summed E-state index contributed by atoms with van der Waals surface area (Å²) >= 11 is 0. The van der Waals surface area contributed by atoms with Crippen molar-refractivity contribution >= 4 is 0 Å². The molecular weight excluding hydrogens is 340 g/mol. The third kappa shape index (κ3) is 3.42. The number of hydrogen-bond donors (Lipinski definition) is 1. The summed E-state index contributed by atoms with van der Waals surface area (Å²) in [5.41, 5.74) is 2.89. The van der Waals surface area contributed by atoms with E-state index >= 15 is 0 Å². The summed E-state index contributed by atoms with van der Waals surface area (Å²) in [6, 6.07) is 0. The van der Waals surface area contributed by atoms with Gasteiger partial charge in [0, 0.05) is 0 Å². The molecule has 1 heteroatoms. The second-order valence-corrected chi connectivity index (χ2v) is 12.2. The van der Waals surface area contributed by atoms with E-state index in [2.05, 4.69) is 40.7 Å². The van der Waals surface area contributed by atoms with E-state index in [0.717, 1.165) is 48.3 Å². The van der Waals surface area contributed by atoms with Gasteiger partial charge in [-0.05, 0) is 97.7 Å². The molecule has 3 saturated carbocycles. The lowest BCUT2D eigenvalue weighted by atomic mass is 9.47. The minimum atomic E-state index is -0.0376. The molecule has 4 aliphatic rings. The van der Waals surface area contributed by atoms with Crippen LogP contribution in [0.1, 0.15) is 105 Å². The minimum Gasteiger partial charge on any atom is -0.393 e. The lowest BCUT2D eigenvalue weighted by molar-refractivity contribution is -0.0427. The quantitative estimate of drug-likeness (QED) is 0.488. The van der Waals surface area contributed by atoms with Gasteiger partial charge in [0.05, 0.1) is 6.10 Å². The zero-order valence-electron chi connectivity index (χ0n) is 19.3. The average Bonchev–Trinajstić information content (AvgIpc) is 2.99. The first-order chi connectivity index (χ1) is 13.3. The van der Waals surface area contributed by atoms with Crippen molar-refractivity contribution < 1.29 is 5.11 Å². The third-order valence-corrected chi connectivity index (χ3v) is 10.3. The van der Waals surface area contributed by atoms with E-state index in [4.69, 9.17) is 0 Å². The zero-order valence-corrected chi connectivity index (χ0v) is 19.3. The van der Waals surface area contributed by atoms with Crippen molar-refractivity contribution in [2.45, 2.75) is 111 Å². The summed E-state index contributed by atoms with van der Waals surface area (Å²) in [5, 5.41) is 10.2. The standard InChI is InChI=1S/C27H46O/c1-18(2)7-6-8-19(3)23-11-12-24-22-10-9-20-17-21(28)13-15-26(20,4)25(22)14-16-27(23,24)5/h10,18-21,23-25,28H,6-9,11-17H2,1-5H3/t19?,20-,21+,23?,24?,25?,26?,27?/m1/s1. The molecule has 0 bridgehead atoms. The van der Waals surface area contributed by atoms with Crippen molar-refractivity contribution in [2.24, 2.45) is 46.3 Å². The highest BCUT2D eigenvalue weighted by Crippen LogP contribution is 2.66. The summed E-state index contributed by atoms with van der Waals surface area (Å²) < 4.78 is 0. The fourth-order valence-electron chi connectivity index (χ4n) is 8.51. The van der Waals surface area contributed by atoms with E-state index in [-0.39, 0.29) is 6.10 Å². The zero-order chi connectivity index (χ0) is 20.1. The molecule has 4 rings (SSSR count). The average molecular weight is 387 g/mol. The Morgan fingerprint density at radius 1 is 0.964 bits per heavy atom. The van der Waals surface area contributed by atoms with Gasteiger partial charge in [-0.1, -0.05) is 65.5 Å². The number of allylic oxidation sites excluding steroid dienone is 2. The fraction of sp³-hybridized carbons (Fsp3) is 0.926. The molecule has 0 aromatic rings. The van der Waals surface area contributed by atoms with Crippen LogP contribution in [0.5, 0.6) is 0 Å². The van der Waals surface area contributed by atoms with Gasteiger partial charge in [0.15, 0.2) is 0 Å². The van der Waals surface area contributed by atoms with Gasteiger partial charge in [0.1, 0.15) is 0 Å². The molecule has 0 spiro atoms. The lowest BCUT2D eigenvalue weighted by Gasteiger charge is -2.57. The maximum Gasteiger partial charge on any atom is 0.0543 e. The Morgan fingerprint density at radius 3 is 2.43 bits per heavy atom. The first-order valence-electron chi connectivity index (χ1n) is 12.6. The monoisotopic (exact) mass is 386 g/mol. The topological polar surface area (TPSA) is 20.2 Å². The van der Waals surface area contributed by atoms with Gasteiger partial charge in [-0.25, -0.2) is 0 Å². The van der Waals surface area contributed by atoms with Crippen LogP contribution >= 0.6 is 0 Å². The number of rotatable bonds is 5. The predicted molar refractivity (Wildman–Crippen MR) is 119 cm³/mol. The highest BCUT2D eigenvalue weighted by atomic mass is 16.3. The molecule has 0 saturated heterocycles. The second-order valence-electron chi connectivity index (χ2n) is 12.2. The van der Waals surface area contributed by atoms with Gasteiger partial charge in [-0.2, -0.15) is 0 Å². The van der Waals surface area contributed by atoms with Gasteiger partial charge in [-0.3, -0.25) is 0 Å². The van der Waals surface area contributed by atoms with Gasteiger partial charge < -0.3 is 5.11 Å². The van der Waals surface area contributed by atoms with E-state index in [1.54, 1.807) is 0 Å². The van der Waals surface area contributed by atoms with E-state index in [9.17, 15) is 5.11 Å². The molecule has 0 amide bonds. The van der Waals surface area contributed by atoms with Crippen LogP contribution in [0, 0.1) is 46.3 Å². The maximum absolute atomic E-state index is 10.2. The number of fused-ring (bicyclic) bond motifs is 5. The molecular formula is C27H46O. The van der Waals surface area contributed by atoms with Crippen LogP contribution in [-0.4, -0.2) is 11.2 Å². The van der Waals surface area contributed by atoms with Crippen LogP contribution in [0.4, 0.5) is 0 Å². The predicted octanol–water partition coefficient (Wildman–Crippen LogP) is 7.39. The number of aliphatic hydroxyl groups excluding tert-OH is 1. The number of aliphatic hydroxyl groups is 1. The highest BCUT2D eigenvalue weighted by molar-refractivity contribution is 5.27. The first-order valence-corrected chi connectivity index (χ1v) is 12.6. The summed E-state index contributed by atoms with van der Waals surface area (Å²) in [4.78, 5) is 0. The molecule has 4 aliphatic carbocycles. The Balaban J connectivity index is 1.50. The van der Waals surface area contributed by atoms with Crippen molar-refractivity contribution in [3.8, 4) is 0 Å². The Labute approximate surface area is 174 Å². The smallest absolute Gasteiger partial charge is 0.0543 e. The molecule has 0 aliphatic heterocycles. The van der Waals surface area contributed by atoms with E-state index < -0.39 is 0 Å². The van der Waals surface area contributed by atoms with Crippen molar-refractivity contribution in [3.05, 3.63) is 11.6 Å². The Kier molecular flexibility index (Phi) is 5.80. The fourth-order valence-corrected chi connectivity index (χ4v) is 8.51. The van der Waals surface area contributed by atoms with Gasteiger partial charge in [0.2, 0.25) is 0 Å². The van der Waals surface area contributed by atoms with Crippen molar-refractivity contribution in [2.75, 3.05) is 0 Å². The molecule has 28 heavy (non-hydrogen) atoms. The van der Waals surface area contributed by atoms with Crippen LogP contribution in [0.3, 0.4) is 0 Å². The highest BCUT2D eigenvalue weighted by Gasteiger charge is 2.58. The van der Waals surface area contributed by atoms with E-state index in [1.807, 2.05) is 5.57 Å². The minimum absolute atomic E-state index is 0.0376. The van der Waals surface area contributed by atoms with Gasteiger partial charge in [0.25, 0.3) is 0 Å². The Bertz CT molecular complexity index is 591. The third-order valence-electron chi connectivity index (χ3n) is 10.3. The van der Waals surface area contributed by atoms with Crippen LogP contribution < -0.4 is 0 Å². The van der Waals surface area contributed by atoms with Gasteiger partial charge in [-0.15, -0.1) is 0 Å². The summed E-state index contributed by atoms with van der Waals surface area (Å²) in [6.07, 6.45) is 17.2. The molecule has 3 fully saturated rings. The number of hydrogen-bond acceptors (Lipinski definition) is 1. The maximum atomic E-state index is 10.2. The molecule has 0 aromatic carbocycles. The van der Waals surface area contributed by atoms with Crippen molar-refractivity contribution in [1.82, 2.24) is 0 Å². The normalized spacial score (nSPS) is 46.5. The first kappa shape index (κ1) is 21.0. The van der Waals surface area contributed by atoms with Gasteiger partial charge >= 0.3 is 0 Å². The second kappa shape index (κ2) is 7.75. The van der Waals surface area contributed by atoms with E-state index in [0.29, 0.717) is 10.8 Å². The molecule has 1 nitrogen and oxygen atoms in total. The Morgan fingerprint density at radius 2 is 1.68 bits per heavy atom. The van der Waals surface area contributed by atoms with Crippen LogP contribution in [0.25, 0.3) is 0 Å². The summed E-state index contributed by atoms with van der Waals surface area (Å²) in [5.74, 6) is 5.07. The Hall–Kier alpha value is -0.300. The van der Waals surface area contributed by atoms with Crippen molar-refractivity contribution in [1.29, 1.82) is 0 Å². The molecule has 0 aromatic heterocycles. The van der Waals surface area contributed by atoms with Crippen LogP contribution in [0.15, 0.2) is 11.6 Å². The summed E-state index contributed by atoms with van der Waals surface area (Å²) in [6.45, 7) is 12.6. The SMILES string of the molecule is CC(C)CCCC(C)C1CCC2C3=CC[C@@H]4C[C@@H](O)CCC4(C)C3CCC21C. The van der Waals surface area contributed by atoms with E-state index in [1.165, 1.54) is 57.8 Å². The molecule has 8 atom stereocenters. The molecule has 0 heterocycles. The largest absolute Gasteiger partial charge is 0.393 e. The molecule has 160 valence electrons. The summed E-state index contributed by atoms with van der Waals surface area (Å²) in [7, 11) is 0. The van der Waals surface area contributed by atoms with Crippen molar-refractivity contribution in [3.63, 3.8) is 0 Å².